The molecule has 2 amide bonds. The fourth-order valence-electron chi connectivity index (χ4n) is 5.52. The van der Waals surface area contributed by atoms with Gasteiger partial charge in [0.05, 0.1) is 18.6 Å². The van der Waals surface area contributed by atoms with Crippen LogP contribution in [0.1, 0.15) is 55.7 Å². The lowest BCUT2D eigenvalue weighted by molar-refractivity contribution is -0.140. The quantitative estimate of drug-likeness (QED) is 0.287. The van der Waals surface area contributed by atoms with Gasteiger partial charge < -0.3 is 15.0 Å². The number of ether oxygens (including phenoxy) is 1. The maximum absolute atomic E-state index is 14.3. The first-order valence-electron chi connectivity index (χ1n) is 15.0. The molecule has 3 aromatic carbocycles. The lowest BCUT2D eigenvalue weighted by Gasteiger charge is -2.35. The molecule has 0 bridgehead atoms. The predicted octanol–water partition coefficient (Wildman–Crippen LogP) is 5.25. The third-order valence-corrected chi connectivity index (χ3v) is 8.94. The van der Waals surface area contributed by atoms with E-state index in [1.54, 1.807) is 24.3 Å². The minimum absolute atomic E-state index is 0.0569. The molecule has 1 saturated carbocycles. The molecule has 43 heavy (non-hydrogen) atoms. The number of anilines is 1. The Balaban J connectivity index is 1.73. The van der Waals surface area contributed by atoms with Crippen molar-refractivity contribution in [1.29, 1.82) is 0 Å². The van der Waals surface area contributed by atoms with E-state index in [0.717, 1.165) is 59.4 Å². The van der Waals surface area contributed by atoms with Crippen LogP contribution in [0.4, 0.5) is 5.69 Å². The SMILES string of the molecule is CCOc1ccccc1N(CC(=O)N(Cc1ccc(C)cc1)[C@@H](Cc1ccccc1)C(=O)NC1CCCCC1)S(C)(=O)=O. The minimum Gasteiger partial charge on any atom is -0.492 e. The van der Waals surface area contributed by atoms with Crippen molar-refractivity contribution in [3.05, 3.63) is 95.6 Å². The third kappa shape index (κ3) is 9.07. The number of hydrogen-bond donors (Lipinski definition) is 1. The average molecular weight is 606 g/mol. The number of aryl methyl sites for hydroxylation is 1. The van der Waals surface area contributed by atoms with Crippen LogP contribution in [-0.2, 0) is 32.6 Å². The van der Waals surface area contributed by atoms with Gasteiger partial charge in [0.15, 0.2) is 0 Å². The van der Waals surface area contributed by atoms with Crippen LogP contribution in [0.25, 0.3) is 0 Å². The van der Waals surface area contributed by atoms with Crippen molar-refractivity contribution < 1.29 is 22.7 Å². The Morgan fingerprint density at radius 3 is 2.21 bits per heavy atom. The normalized spacial score (nSPS) is 14.5. The summed E-state index contributed by atoms with van der Waals surface area (Å²) in [6.45, 7) is 3.82. The van der Waals surface area contributed by atoms with Gasteiger partial charge in [-0.2, -0.15) is 0 Å². The predicted molar refractivity (Wildman–Crippen MR) is 170 cm³/mol. The number of para-hydroxylation sites is 2. The molecule has 8 nitrogen and oxygen atoms in total. The maximum Gasteiger partial charge on any atom is 0.244 e. The molecule has 0 aliphatic heterocycles. The minimum atomic E-state index is -3.89. The first kappa shape index (κ1) is 32.1. The van der Waals surface area contributed by atoms with Crippen molar-refractivity contribution in [1.82, 2.24) is 10.2 Å². The van der Waals surface area contributed by atoms with Crippen LogP contribution in [0, 0.1) is 6.92 Å². The first-order valence-corrected chi connectivity index (χ1v) is 16.9. The zero-order valence-corrected chi connectivity index (χ0v) is 26.2. The molecule has 1 aliphatic rings. The van der Waals surface area contributed by atoms with E-state index in [2.05, 4.69) is 5.32 Å². The van der Waals surface area contributed by atoms with E-state index in [-0.39, 0.29) is 24.2 Å². The zero-order chi connectivity index (χ0) is 30.8. The van der Waals surface area contributed by atoms with E-state index in [4.69, 9.17) is 4.74 Å². The smallest absolute Gasteiger partial charge is 0.244 e. The van der Waals surface area contributed by atoms with Crippen LogP contribution in [-0.4, -0.2) is 56.6 Å². The number of nitrogens with one attached hydrogen (secondary N) is 1. The lowest BCUT2D eigenvalue weighted by atomic mass is 9.94. The highest BCUT2D eigenvalue weighted by atomic mass is 32.2. The molecule has 4 rings (SSSR count). The topological polar surface area (TPSA) is 96.0 Å². The van der Waals surface area contributed by atoms with E-state index in [9.17, 15) is 18.0 Å². The van der Waals surface area contributed by atoms with E-state index in [1.807, 2.05) is 68.4 Å². The molecule has 0 saturated heterocycles. The molecule has 0 spiro atoms. The second-order valence-electron chi connectivity index (χ2n) is 11.2. The van der Waals surface area contributed by atoms with Crippen molar-refractivity contribution in [3.63, 3.8) is 0 Å². The second-order valence-corrected chi connectivity index (χ2v) is 13.1. The Hall–Kier alpha value is -3.85. The van der Waals surface area contributed by atoms with Gasteiger partial charge in [0.2, 0.25) is 21.8 Å². The fourth-order valence-corrected chi connectivity index (χ4v) is 6.38. The monoisotopic (exact) mass is 605 g/mol. The number of amides is 2. The van der Waals surface area contributed by atoms with Gasteiger partial charge >= 0.3 is 0 Å². The number of carbonyl (C=O) groups excluding carboxylic acids is 2. The van der Waals surface area contributed by atoms with E-state index in [1.165, 1.54) is 4.90 Å². The molecule has 1 fully saturated rings. The van der Waals surface area contributed by atoms with Crippen molar-refractivity contribution in [2.75, 3.05) is 23.7 Å². The molecule has 1 atom stereocenters. The Morgan fingerprint density at radius 2 is 1.56 bits per heavy atom. The molecule has 0 radical (unpaired) electrons. The van der Waals surface area contributed by atoms with Gasteiger partial charge in [0.1, 0.15) is 18.3 Å². The zero-order valence-electron chi connectivity index (χ0n) is 25.4. The van der Waals surface area contributed by atoms with Crippen molar-refractivity contribution in [2.45, 2.75) is 71.0 Å². The maximum atomic E-state index is 14.3. The molecule has 1 aliphatic carbocycles. The van der Waals surface area contributed by atoms with Crippen molar-refractivity contribution in [3.8, 4) is 5.75 Å². The van der Waals surface area contributed by atoms with E-state index in [0.29, 0.717) is 18.8 Å². The molecule has 0 aromatic heterocycles. The van der Waals surface area contributed by atoms with Gasteiger partial charge in [-0.25, -0.2) is 8.42 Å². The standard InChI is InChI=1S/C34H43N3O5S/c1-4-42-32-18-12-11-17-30(32)37(43(3,40)41)25-33(38)36(24-28-21-19-26(2)20-22-28)31(23-27-13-7-5-8-14-27)34(39)35-29-15-9-6-10-16-29/h5,7-8,11-14,17-22,29,31H,4,6,9-10,15-16,23-25H2,1-3H3,(H,35,39)/t31-/m0/s1. The highest BCUT2D eigenvalue weighted by Crippen LogP contribution is 2.30. The summed E-state index contributed by atoms with van der Waals surface area (Å²) in [6.07, 6.45) is 6.46. The molecule has 0 unspecified atom stereocenters. The summed E-state index contributed by atoms with van der Waals surface area (Å²) in [7, 11) is -3.89. The summed E-state index contributed by atoms with van der Waals surface area (Å²) < 4.78 is 33.0. The lowest BCUT2D eigenvalue weighted by Crippen LogP contribution is -2.55. The number of carbonyl (C=O) groups is 2. The Labute approximate surface area is 256 Å². The van der Waals surface area contributed by atoms with Crippen molar-refractivity contribution in [2.24, 2.45) is 0 Å². The van der Waals surface area contributed by atoms with Gasteiger partial charge in [-0.05, 0) is 49.9 Å². The van der Waals surface area contributed by atoms with Gasteiger partial charge in [-0.15, -0.1) is 0 Å². The summed E-state index contributed by atoms with van der Waals surface area (Å²) >= 11 is 0. The highest BCUT2D eigenvalue weighted by molar-refractivity contribution is 7.92. The summed E-state index contributed by atoms with van der Waals surface area (Å²) in [5, 5.41) is 3.23. The Morgan fingerprint density at radius 1 is 0.907 bits per heavy atom. The number of benzene rings is 3. The molecule has 1 N–H and O–H groups in total. The van der Waals surface area contributed by atoms with Crippen LogP contribution in [0.2, 0.25) is 0 Å². The second kappa shape index (κ2) is 15.0. The van der Waals surface area contributed by atoms with Gasteiger partial charge in [0, 0.05) is 19.0 Å². The van der Waals surface area contributed by atoms with Crippen LogP contribution >= 0.6 is 0 Å². The molecular formula is C34H43N3O5S. The van der Waals surface area contributed by atoms with Crippen molar-refractivity contribution >= 4 is 27.5 Å². The molecule has 3 aromatic rings. The van der Waals surface area contributed by atoms with Gasteiger partial charge in [-0.3, -0.25) is 13.9 Å². The number of nitrogens with zero attached hydrogens (tertiary/aromatic N) is 2. The molecule has 9 heteroatoms. The van der Waals surface area contributed by atoms with Crippen LogP contribution in [0.15, 0.2) is 78.9 Å². The average Bonchev–Trinajstić information content (AvgIpc) is 2.99. The van der Waals surface area contributed by atoms with Crippen LogP contribution in [0.5, 0.6) is 5.75 Å². The highest BCUT2D eigenvalue weighted by Gasteiger charge is 2.34. The Bertz CT molecular complexity index is 1450. The third-order valence-electron chi connectivity index (χ3n) is 7.81. The molecule has 230 valence electrons. The number of rotatable bonds is 13. The molecular weight excluding hydrogens is 562 g/mol. The summed E-state index contributed by atoms with van der Waals surface area (Å²) in [4.78, 5) is 29.9. The largest absolute Gasteiger partial charge is 0.492 e. The summed E-state index contributed by atoms with van der Waals surface area (Å²) in [6, 6.07) is 23.4. The number of hydrogen-bond acceptors (Lipinski definition) is 5. The summed E-state index contributed by atoms with van der Waals surface area (Å²) in [5.41, 5.74) is 3.12. The van der Waals surface area contributed by atoms with Gasteiger partial charge in [-0.1, -0.05) is 91.6 Å². The Kier molecular flexibility index (Phi) is 11.2. The van der Waals surface area contributed by atoms with Crippen LogP contribution < -0.4 is 14.4 Å². The summed E-state index contributed by atoms with van der Waals surface area (Å²) in [5.74, 6) is -0.335. The number of sulfonamides is 1. The van der Waals surface area contributed by atoms with E-state index < -0.39 is 28.5 Å². The fraction of sp³-hybridized carbons (Fsp3) is 0.412. The first-order chi connectivity index (χ1) is 20.7. The van der Waals surface area contributed by atoms with Gasteiger partial charge in [0.25, 0.3) is 0 Å². The van der Waals surface area contributed by atoms with E-state index >= 15 is 0 Å². The molecule has 0 heterocycles. The van der Waals surface area contributed by atoms with Crippen LogP contribution in [0.3, 0.4) is 0 Å².